The third kappa shape index (κ3) is 4.01. The summed E-state index contributed by atoms with van der Waals surface area (Å²) >= 11 is 3.48. The van der Waals surface area contributed by atoms with Crippen LogP contribution in [0.15, 0.2) is 41.3 Å². The van der Waals surface area contributed by atoms with Crippen LogP contribution < -0.4 is 10.6 Å². The maximum Gasteiger partial charge on any atom is 0.173 e. The van der Waals surface area contributed by atoms with E-state index in [1.54, 1.807) is 16.9 Å². The fraction of sp³-hybridized carbons (Fsp3) is 0.312. The van der Waals surface area contributed by atoms with Crippen LogP contribution in [0.2, 0.25) is 0 Å². The topological polar surface area (TPSA) is 87.4 Å². The molecule has 3 aromatic heterocycles. The highest BCUT2D eigenvalue weighted by Crippen LogP contribution is 2.22. The summed E-state index contributed by atoms with van der Waals surface area (Å²) in [6, 6.07) is 5.87. The number of hydrogen-bond donors (Lipinski definition) is 3. The molecule has 0 atom stereocenters. The Morgan fingerprint density at radius 3 is 2.92 bits per heavy atom. The Labute approximate surface area is 148 Å². The van der Waals surface area contributed by atoms with E-state index in [0.29, 0.717) is 6.54 Å². The van der Waals surface area contributed by atoms with Gasteiger partial charge in [-0.3, -0.25) is 4.98 Å². The molecule has 3 rings (SSSR count). The van der Waals surface area contributed by atoms with E-state index in [1.165, 1.54) is 0 Å². The molecule has 3 heterocycles. The molecule has 0 aliphatic rings. The number of halogens is 1. The first-order valence-corrected chi connectivity index (χ1v) is 8.59. The molecule has 0 aliphatic heterocycles. The van der Waals surface area contributed by atoms with Crippen LogP contribution in [0.3, 0.4) is 0 Å². The van der Waals surface area contributed by atoms with Crippen LogP contribution in [0.1, 0.15) is 18.4 Å². The third-order valence-corrected chi connectivity index (χ3v) is 4.08. The number of aliphatic hydroxyl groups excluding tert-OH is 1. The van der Waals surface area contributed by atoms with E-state index in [0.717, 1.165) is 46.7 Å². The van der Waals surface area contributed by atoms with Crippen LogP contribution in [0, 0.1) is 0 Å². The second-order valence-electron chi connectivity index (χ2n) is 5.33. The SMILES string of the molecule is OCCCCNc1cc(NCc2cccnc2)n2ncc(Br)c2n1. The van der Waals surface area contributed by atoms with Crippen LogP contribution in [-0.4, -0.2) is 37.8 Å². The first kappa shape index (κ1) is 16.7. The molecule has 0 unspecified atom stereocenters. The number of aromatic nitrogens is 4. The molecule has 0 saturated heterocycles. The Hall–Kier alpha value is -2.19. The molecular formula is C16H19BrN6O. The Balaban J connectivity index is 1.79. The van der Waals surface area contributed by atoms with Gasteiger partial charge in [-0.1, -0.05) is 6.07 Å². The van der Waals surface area contributed by atoms with Crippen LogP contribution >= 0.6 is 15.9 Å². The van der Waals surface area contributed by atoms with E-state index >= 15 is 0 Å². The molecular weight excluding hydrogens is 372 g/mol. The average Bonchev–Trinajstić information content (AvgIpc) is 2.99. The molecule has 0 aromatic carbocycles. The summed E-state index contributed by atoms with van der Waals surface area (Å²) in [5.74, 6) is 1.62. The highest BCUT2D eigenvalue weighted by atomic mass is 79.9. The number of anilines is 2. The summed E-state index contributed by atoms with van der Waals surface area (Å²) in [5, 5.41) is 19.9. The Morgan fingerprint density at radius 2 is 2.12 bits per heavy atom. The largest absolute Gasteiger partial charge is 0.396 e. The first-order chi connectivity index (χ1) is 11.8. The zero-order valence-electron chi connectivity index (χ0n) is 13.1. The number of nitrogens with zero attached hydrogens (tertiary/aromatic N) is 4. The Kier molecular flexibility index (Phi) is 5.60. The number of unbranched alkanes of at least 4 members (excludes halogenated alkanes) is 1. The van der Waals surface area contributed by atoms with Gasteiger partial charge >= 0.3 is 0 Å². The van der Waals surface area contributed by atoms with Crippen LogP contribution in [0.4, 0.5) is 11.6 Å². The summed E-state index contributed by atoms with van der Waals surface area (Å²) in [6.45, 7) is 1.62. The van der Waals surface area contributed by atoms with E-state index in [1.807, 2.05) is 24.4 Å². The highest BCUT2D eigenvalue weighted by molar-refractivity contribution is 9.10. The van der Waals surface area contributed by atoms with Gasteiger partial charge in [-0.05, 0) is 40.4 Å². The minimum atomic E-state index is 0.209. The minimum absolute atomic E-state index is 0.209. The summed E-state index contributed by atoms with van der Waals surface area (Å²) in [7, 11) is 0. The van der Waals surface area contributed by atoms with Crippen molar-refractivity contribution in [2.75, 3.05) is 23.8 Å². The molecule has 0 aliphatic carbocycles. The van der Waals surface area contributed by atoms with Gasteiger partial charge in [0.15, 0.2) is 5.65 Å². The first-order valence-electron chi connectivity index (χ1n) is 7.79. The lowest BCUT2D eigenvalue weighted by Gasteiger charge is -2.12. The molecule has 24 heavy (non-hydrogen) atoms. The lowest BCUT2D eigenvalue weighted by Crippen LogP contribution is -2.10. The van der Waals surface area contributed by atoms with Gasteiger partial charge in [0.1, 0.15) is 11.6 Å². The van der Waals surface area contributed by atoms with Crippen molar-refractivity contribution in [1.82, 2.24) is 19.6 Å². The van der Waals surface area contributed by atoms with Crippen molar-refractivity contribution < 1.29 is 5.11 Å². The van der Waals surface area contributed by atoms with E-state index in [2.05, 4.69) is 41.6 Å². The van der Waals surface area contributed by atoms with Crippen LogP contribution in [0.5, 0.6) is 0 Å². The molecule has 7 nitrogen and oxygen atoms in total. The molecule has 0 saturated carbocycles. The van der Waals surface area contributed by atoms with Gasteiger partial charge in [0, 0.05) is 38.2 Å². The summed E-state index contributed by atoms with van der Waals surface area (Å²) in [5.41, 5.74) is 1.84. The lowest BCUT2D eigenvalue weighted by atomic mass is 10.3. The second-order valence-corrected chi connectivity index (χ2v) is 6.18. The van der Waals surface area contributed by atoms with Gasteiger partial charge in [0.2, 0.25) is 0 Å². The number of aliphatic hydroxyl groups is 1. The zero-order chi connectivity index (χ0) is 16.8. The van der Waals surface area contributed by atoms with E-state index < -0.39 is 0 Å². The molecule has 3 N–H and O–H groups in total. The zero-order valence-corrected chi connectivity index (χ0v) is 14.7. The van der Waals surface area contributed by atoms with Gasteiger partial charge in [0.25, 0.3) is 0 Å². The fourth-order valence-corrected chi connectivity index (χ4v) is 2.65. The number of rotatable bonds is 8. The maximum absolute atomic E-state index is 8.86. The van der Waals surface area contributed by atoms with Gasteiger partial charge < -0.3 is 15.7 Å². The smallest absolute Gasteiger partial charge is 0.173 e. The fourth-order valence-electron chi connectivity index (χ4n) is 2.30. The van der Waals surface area contributed by atoms with Gasteiger partial charge in [-0.25, -0.2) is 4.98 Å². The van der Waals surface area contributed by atoms with Crippen molar-refractivity contribution in [3.8, 4) is 0 Å². The summed E-state index contributed by atoms with van der Waals surface area (Å²) in [4.78, 5) is 8.70. The van der Waals surface area contributed by atoms with E-state index in [-0.39, 0.29) is 6.61 Å². The molecule has 0 fully saturated rings. The van der Waals surface area contributed by atoms with Crippen molar-refractivity contribution in [3.05, 3.63) is 46.8 Å². The average molecular weight is 391 g/mol. The molecule has 126 valence electrons. The van der Waals surface area contributed by atoms with Gasteiger partial charge in [-0.2, -0.15) is 9.61 Å². The monoisotopic (exact) mass is 390 g/mol. The normalized spacial score (nSPS) is 10.9. The van der Waals surface area contributed by atoms with Gasteiger partial charge in [0.05, 0.1) is 10.7 Å². The molecule has 0 radical (unpaired) electrons. The van der Waals surface area contributed by atoms with Crippen molar-refractivity contribution in [2.45, 2.75) is 19.4 Å². The molecule has 3 aromatic rings. The van der Waals surface area contributed by atoms with Crippen LogP contribution in [0.25, 0.3) is 5.65 Å². The van der Waals surface area contributed by atoms with Crippen LogP contribution in [-0.2, 0) is 6.54 Å². The second kappa shape index (κ2) is 8.07. The van der Waals surface area contributed by atoms with Gasteiger partial charge in [-0.15, -0.1) is 0 Å². The third-order valence-electron chi connectivity index (χ3n) is 3.52. The molecule has 0 spiro atoms. The number of nitrogens with one attached hydrogen (secondary N) is 2. The van der Waals surface area contributed by atoms with E-state index in [4.69, 9.17) is 5.11 Å². The quantitative estimate of drug-likeness (QED) is 0.512. The number of pyridine rings is 1. The minimum Gasteiger partial charge on any atom is -0.396 e. The van der Waals surface area contributed by atoms with Crippen molar-refractivity contribution >= 4 is 33.2 Å². The molecule has 8 heteroatoms. The summed E-state index contributed by atoms with van der Waals surface area (Å²) < 4.78 is 2.60. The maximum atomic E-state index is 8.86. The van der Waals surface area contributed by atoms with E-state index in [9.17, 15) is 0 Å². The number of hydrogen-bond acceptors (Lipinski definition) is 6. The molecule has 0 bridgehead atoms. The van der Waals surface area contributed by atoms with Crippen molar-refractivity contribution in [1.29, 1.82) is 0 Å². The van der Waals surface area contributed by atoms with Crippen molar-refractivity contribution in [2.24, 2.45) is 0 Å². The number of fused-ring (bicyclic) bond motifs is 1. The predicted octanol–water partition coefficient (Wildman–Crippen LogP) is 2.68. The van der Waals surface area contributed by atoms with Crippen molar-refractivity contribution in [3.63, 3.8) is 0 Å². The Bertz CT molecular complexity index is 792. The molecule has 0 amide bonds. The summed E-state index contributed by atoms with van der Waals surface area (Å²) in [6.07, 6.45) is 6.98. The standard InChI is InChI=1S/C16H19BrN6O/c17-13-11-21-23-15(20-10-12-4-3-5-18-9-12)8-14(22-16(13)23)19-6-1-2-7-24/h3-5,8-9,11,20,24H,1-2,6-7,10H2,(H,19,22). The lowest BCUT2D eigenvalue weighted by molar-refractivity contribution is 0.286. The Morgan fingerprint density at radius 1 is 1.21 bits per heavy atom. The highest BCUT2D eigenvalue weighted by Gasteiger charge is 2.10. The predicted molar refractivity (Wildman–Crippen MR) is 97.1 cm³/mol.